The van der Waals surface area contributed by atoms with E-state index in [0.717, 1.165) is 0 Å². The minimum absolute atomic E-state index is 0. The fourth-order valence-electron chi connectivity index (χ4n) is 4.07. The summed E-state index contributed by atoms with van der Waals surface area (Å²) >= 11 is 0. The Morgan fingerprint density at radius 1 is 0.159 bits per heavy atom. The number of alkyl halides is 44. The molecule has 3 nitrogen and oxygen atoms in total. The molecule has 0 aromatic rings. The Labute approximate surface area is 354 Å². The van der Waals surface area contributed by atoms with Gasteiger partial charge >= 0.3 is 126 Å². The average molecular weight is 1330 g/mol. The zero-order valence-corrected chi connectivity index (χ0v) is 31.2. The van der Waals surface area contributed by atoms with Crippen molar-refractivity contribution in [1.29, 1.82) is 0 Å². The molecule has 0 aromatic carbocycles. The van der Waals surface area contributed by atoms with Gasteiger partial charge < -0.3 is 0 Å². The van der Waals surface area contributed by atoms with E-state index in [2.05, 4.69) is 0 Å². The maximum atomic E-state index is 16.1. The molecule has 0 aliphatic carbocycles. The summed E-state index contributed by atoms with van der Waals surface area (Å²) in [6.07, 6.45) is -44.6. The molecule has 0 aliphatic heterocycles. The van der Waals surface area contributed by atoms with Crippen molar-refractivity contribution in [3.05, 3.63) is 0 Å². The van der Waals surface area contributed by atoms with Gasteiger partial charge in [0.15, 0.2) is 0 Å². The molecule has 418 valence electrons. The summed E-state index contributed by atoms with van der Waals surface area (Å²) in [6.45, 7) is 0. The number of hydrogen-bond donors (Lipinski definition) is 0. The summed E-state index contributed by atoms with van der Waals surface area (Å²) in [5, 5.41) is 0. The fourth-order valence-corrected chi connectivity index (χ4v) is 4.07. The van der Waals surface area contributed by atoms with Crippen LogP contribution in [-0.2, 0) is 34.0 Å². The van der Waals surface area contributed by atoms with Crippen LogP contribution in [0.1, 0.15) is 0 Å². The van der Waals surface area contributed by atoms with Gasteiger partial charge in [-0.3, -0.25) is 0 Å². The third kappa shape index (κ3) is 9.28. The van der Waals surface area contributed by atoms with Crippen LogP contribution in [0.4, 0.5) is 193 Å². The molecule has 0 aromatic heterocycles. The number of halogens is 44. The van der Waals surface area contributed by atoms with Crippen molar-refractivity contribution in [2.24, 2.45) is 0 Å². The van der Waals surface area contributed by atoms with Crippen LogP contribution in [0, 0.1) is 0 Å². The first-order valence-electron chi connectivity index (χ1n) is 13.8. The molecule has 0 atom stereocenters. The minimum atomic E-state index is -11.8. The summed E-state index contributed by atoms with van der Waals surface area (Å²) < 4.78 is 604. The van der Waals surface area contributed by atoms with Crippen LogP contribution in [0.2, 0.25) is 0 Å². The van der Waals surface area contributed by atoms with Crippen molar-refractivity contribution < 1.29 is 227 Å². The first-order valence-corrected chi connectivity index (χ1v) is 13.8. The second-order valence-corrected chi connectivity index (χ2v) is 11.9. The summed E-state index contributed by atoms with van der Waals surface area (Å²) in [7, 11) is 0. The molecule has 0 aliphatic rings. The van der Waals surface area contributed by atoms with Gasteiger partial charge in [-0.2, -0.15) is 149 Å². The van der Waals surface area contributed by atoms with Crippen molar-refractivity contribution in [3.8, 4) is 0 Å². The van der Waals surface area contributed by atoms with Gasteiger partial charge in [0.25, 0.3) is 0 Å². The topological polar surface area (TPSA) is 27.7 Å². The normalized spacial score (nSPS) is 17.0. The zero-order valence-electron chi connectivity index (χ0n) is 28.7. The van der Waals surface area contributed by atoms with Crippen molar-refractivity contribution in [2.75, 3.05) is 0 Å². The van der Waals surface area contributed by atoms with Crippen molar-refractivity contribution in [2.45, 2.75) is 126 Å². The van der Waals surface area contributed by atoms with Gasteiger partial charge in [-0.25, -0.2) is 18.6 Å². The molecule has 0 radical (unpaired) electrons. The van der Waals surface area contributed by atoms with Crippen LogP contribution >= 0.6 is 0 Å². The number of hydrogen-bond acceptors (Lipinski definition) is 3. The van der Waals surface area contributed by atoms with Gasteiger partial charge in [-0.05, 0) is 0 Å². The minimum Gasteiger partial charge on any atom is -0.230 e. The molecular formula is C21F44O3Os. The molecule has 0 fully saturated rings. The van der Waals surface area contributed by atoms with Gasteiger partial charge in [-0.1, -0.05) is 0 Å². The predicted molar refractivity (Wildman–Crippen MR) is 109 cm³/mol. The van der Waals surface area contributed by atoms with E-state index in [9.17, 15) is 171 Å². The van der Waals surface area contributed by atoms with E-state index < -0.39 is 126 Å². The molecule has 0 heterocycles. The van der Waals surface area contributed by atoms with Crippen LogP contribution < -0.4 is 0 Å². The first kappa shape index (κ1) is 68.5. The maximum Gasteiger partial charge on any atom is 0.526 e. The first-order chi connectivity index (χ1) is 28.4. The van der Waals surface area contributed by atoms with Gasteiger partial charge in [0.1, 0.15) is 0 Å². The van der Waals surface area contributed by atoms with E-state index in [4.69, 9.17) is 0 Å². The standard InChI is InChI=1S/C21F44O3.Os/c22-1(18(66-19(57,58)59,67-20(60,61)62)68-21(63,64)65,2(23,24)4(27,28)6(31,32)8(35,36)10(39,40)12(43,44)14(47,48)16(51,52)53)3(25,26)5(29,30)7(33,34)9(37,38)11(41,42)13(45,46)15(49,50)17(54,55)56;. The van der Waals surface area contributed by atoms with E-state index in [1.165, 1.54) is 0 Å². The van der Waals surface area contributed by atoms with E-state index in [1.54, 1.807) is 0 Å². The molecule has 69 heavy (non-hydrogen) atoms. The molecule has 0 N–H and O–H groups in total. The van der Waals surface area contributed by atoms with Crippen LogP contribution in [0.5, 0.6) is 0 Å². The maximum absolute atomic E-state index is 16.1. The Balaban J connectivity index is 0. The summed E-state index contributed by atoms with van der Waals surface area (Å²) in [4.78, 5) is 0. The molecule has 0 spiro atoms. The summed E-state index contributed by atoms with van der Waals surface area (Å²) in [6, 6.07) is 0. The van der Waals surface area contributed by atoms with Crippen LogP contribution in [-0.4, -0.2) is 126 Å². The molecule has 0 amide bonds. The van der Waals surface area contributed by atoms with E-state index in [1.807, 2.05) is 0 Å². The van der Waals surface area contributed by atoms with Crippen LogP contribution in [0.25, 0.3) is 0 Å². The third-order valence-electron chi connectivity index (χ3n) is 7.48. The van der Waals surface area contributed by atoms with Crippen molar-refractivity contribution in [1.82, 2.24) is 0 Å². The Morgan fingerprint density at radius 3 is 0.391 bits per heavy atom. The van der Waals surface area contributed by atoms with Crippen LogP contribution in [0.15, 0.2) is 0 Å². The van der Waals surface area contributed by atoms with Gasteiger partial charge in [0, 0.05) is 19.8 Å². The molecule has 48 heteroatoms. The molecule has 0 saturated heterocycles. The zero-order chi connectivity index (χ0) is 56.6. The van der Waals surface area contributed by atoms with E-state index in [0.29, 0.717) is 14.2 Å². The summed E-state index contributed by atoms with van der Waals surface area (Å²) in [5.74, 6) is -159. The van der Waals surface area contributed by atoms with Crippen LogP contribution in [0.3, 0.4) is 0 Å². The Morgan fingerprint density at radius 2 is 0.275 bits per heavy atom. The average Bonchev–Trinajstić information content (AvgIpc) is 3.02. The summed E-state index contributed by atoms with van der Waals surface area (Å²) in [5.41, 5.74) is -11.8. The molecular weight excluding hydrogens is 1330 g/mol. The van der Waals surface area contributed by atoms with E-state index >= 15 is 22.0 Å². The second kappa shape index (κ2) is 17.0. The van der Waals surface area contributed by atoms with Gasteiger partial charge in [0.2, 0.25) is 0 Å². The Bertz CT molecular complexity index is 1650. The number of rotatable bonds is 18. The Kier molecular flexibility index (Phi) is 16.9. The third-order valence-corrected chi connectivity index (χ3v) is 7.48. The smallest absolute Gasteiger partial charge is 0.230 e. The predicted octanol–water partition coefficient (Wildman–Crippen LogP) is 14.0. The van der Waals surface area contributed by atoms with Gasteiger partial charge in [0.05, 0.1) is 0 Å². The molecule has 0 bridgehead atoms. The van der Waals surface area contributed by atoms with Crippen molar-refractivity contribution in [3.63, 3.8) is 0 Å². The van der Waals surface area contributed by atoms with Crippen molar-refractivity contribution >= 4 is 0 Å². The SMILES string of the molecule is FC(F)(F)OC(OC(F)(F)F)(OC(F)(F)F)C(F)(C(F)(F)C(F)(F)C(F)(F)C(F)(F)C(F)(F)C(F)(F)C(F)(F)C(F)(F)F)C(F)(F)C(F)(F)C(F)(F)C(F)(F)C(F)(F)C(F)(F)C(F)(F)C(F)(F)F.[Os]. The number of ether oxygens (including phenoxy) is 3. The van der Waals surface area contributed by atoms with E-state index in [-0.39, 0.29) is 19.8 Å². The molecule has 0 rings (SSSR count). The monoisotopic (exact) mass is 1330 g/mol. The fraction of sp³-hybridized carbons (Fsp3) is 1.00. The second-order valence-electron chi connectivity index (χ2n) is 11.9. The Hall–Kier alpha value is -2.56. The molecule has 0 saturated carbocycles. The largest absolute Gasteiger partial charge is 0.526 e. The quantitative estimate of drug-likeness (QED) is 0.101. The molecule has 0 unspecified atom stereocenters. The van der Waals surface area contributed by atoms with Gasteiger partial charge in [-0.15, -0.1) is 39.5 Å².